The maximum absolute atomic E-state index is 6.02. The average molecular weight is 371 g/mol. The lowest BCUT2D eigenvalue weighted by molar-refractivity contribution is 0.294. The molecule has 0 aliphatic rings. The summed E-state index contributed by atoms with van der Waals surface area (Å²) in [7, 11) is 1.63. The summed E-state index contributed by atoms with van der Waals surface area (Å²) >= 11 is 9.48. The second-order valence-corrected chi connectivity index (χ2v) is 5.89. The standard InChI is InChI=1S/C16H17BrClNO2/c1-20-15-5-3-14(18)9-12(15)10-21-16-4-2-13(17)8-11(16)6-7-19/h2-5,8-9H,6-7,10,19H2,1H3. The zero-order valence-electron chi connectivity index (χ0n) is 11.7. The summed E-state index contributed by atoms with van der Waals surface area (Å²) in [4.78, 5) is 0. The SMILES string of the molecule is COc1ccc(Cl)cc1COc1ccc(Br)cc1CCN. The third-order valence-electron chi connectivity index (χ3n) is 3.06. The summed E-state index contributed by atoms with van der Waals surface area (Å²) < 4.78 is 12.2. The molecule has 0 bridgehead atoms. The molecule has 0 aliphatic heterocycles. The third kappa shape index (κ3) is 4.37. The molecule has 0 saturated heterocycles. The van der Waals surface area contributed by atoms with Crippen LogP contribution in [-0.2, 0) is 13.0 Å². The van der Waals surface area contributed by atoms with Crippen molar-refractivity contribution in [2.75, 3.05) is 13.7 Å². The summed E-state index contributed by atoms with van der Waals surface area (Å²) in [5, 5.41) is 0.660. The second-order valence-electron chi connectivity index (χ2n) is 4.54. The van der Waals surface area contributed by atoms with Gasteiger partial charge in [0, 0.05) is 15.1 Å². The van der Waals surface area contributed by atoms with E-state index in [0.29, 0.717) is 18.2 Å². The molecule has 2 rings (SSSR count). The number of hydrogen-bond acceptors (Lipinski definition) is 3. The molecule has 21 heavy (non-hydrogen) atoms. The molecule has 0 atom stereocenters. The Kier molecular flexibility index (Phi) is 5.91. The van der Waals surface area contributed by atoms with Crippen molar-refractivity contribution in [3.8, 4) is 11.5 Å². The van der Waals surface area contributed by atoms with Gasteiger partial charge in [0.15, 0.2) is 0 Å². The Morgan fingerprint density at radius 2 is 1.86 bits per heavy atom. The minimum absolute atomic E-state index is 0.392. The Hall–Kier alpha value is -1.23. The van der Waals surface area contributed by atoms with E-state index in [-0.39, 0.29) is 0 Å². The van der Waals surface area contributed by atoms with E-state index in [1.54, 1.807) is 13.2 Å². The van der Waals surface area contributed by atoms with Gasteiger partial charge in [0.25, 0.3) is 0 Å². The fourth-order valence-electron chi connectivity index (χ4n) is 2.06. The fraction of sp³-hybridized carbons (Fsp3) is 0.250. The summed E-state index contributed by atoms with van der Waals surface area (Å²) in [6, 6.07) is 11.4. The third-order valence-corrected chi connectivity index (χ3v) is 3.79. The molecule has 112 valence electrons. The van der Waals surface area contributed by atoms with Crippen LogP contribution in [0.25, 0.3) is 0 Å². The molecule has 0 heterocycles. The Bertz CT molecular complexity index is 619. The summed E-state index contributed by atoms with van der Waals surface area (Å²) in [6.07, 6.45) is 0.765. The molecule has 0 spiro atoms. The van der Waals surface area contributed by atoms with Crippen LogP contribution in [0.15, 0.2) is 40.9 Å². The Labute approximate surface area is 138 Å². The van der Waals surface area contributed by atoms with E-state index < -0.39 is 0 Å². The molecule has 3 nitrogen and oxygen atoms in total. The van der Waals surface area contributed by atoms with Gasteiger partial charge in [0.05, 0.1) is 7.11 Å². The highest BCUT2D eigenvalue weighted by Gasteiger charge is 2.08. The van der Waals surface area contributed by atoms with Crippen molar-refractivity contribution in [2.24, 2.45) is 5.73 Å². The Morgan fingerprint density at radius 1 is 1.10 bits per heavy atom. The zero-order chi connectivity index (χ0) is 15.2. The molecule has 0 fully saturated rings. The molecule has 5 heteroatoms. The van der Waals surface area contributed by atoms with Gasteiger partial charge in [-0.25, -0.2) is 0 Å². The van der Waals surface area contributed by atoms with Gasteiger partial charge in [0.2, 0.25) is 0 Å². The van der Waals surface area contributed by atoms with Crippen molar-refractivity contribution in [1.82, 2.24) is 0 Å². The first-order valence-electron chi connectivity index (χ1n) is 6.57. The normalized spacial score (nSPS) is 10.5. The quantitative estimate of drug-likeness (QED) is 0.829. The van der Waals surface area contributed by atoms with Gasteiger partial charge in [-0.3, -0.25) is 0 Å². The van der Waals surface area contributed by atoms with Crippen molar-refractivity contribution < 1.29 is 9.47 Å². The highest BCUT2D eigenvalue weighted by molar-refractivity contribution is 9.10. The van der Waals surface area contributed by atoms with E-state index in [4.69, 9.17) is 26.8 Å². The monoisotopic (exact) mass is 369 g/mol. The van der Waals surface area contributed by atoms with Crippen LogP contribution in [0.2, 0.25) is 5.02 Å². The first-order valence-corrected chi connectivity index (χ1v) is 7.75. The number of hydrogen-bond donors (Lipinski definition) is 1. The van der Waals surface area contributed by atoms with Crippen molar-refractivity contribution in [1.29, 1.82) is 0 Å². The molecular weight excluding hydrogens is 354 g/mol. The van der Waals surface area contributed by atoms with E-state index in [9.17, 15) is 0 Å². The number of methoxy groups -OCH3 is 1. The molecule has 0 unspecified atom stereocenters. The molecule has 0 radical (unpaired) electrons. The first-order chi connectivity index (χ1) is 10.1. The maximum Gasteiger partial charge on any atom is 0.125 e. The number of nitrogens with two attached hydrogens (primary N) is 1. The molecule has 2 N–H and O–H groups in total. The lowest BCUT2D eigenvalue weighted by Crippen LogP contribution is -2.06. The molecular formula is C16H17BrClNO2. The molecule has 2 aromatic carbocycles. The van der Waals surface area contributed by atoms with E-state index in [2.05, 4.69) is 15.9 Å². The lowest BCUT2D eigenvalue weighted by Gasteiger charge is -2.14. The molecule has 0 saturated carbocycles. The van der Waals surface area contributed by atoms with Gasteiger partial charge in [-0.1, -0.05) is 27.5 Å². The van der Waals surface area contributed by atoms with Crippen molar-refractivity contribution >= 4 is 27.5 Å². The second kappa shape index (κ2) is 7.69. The average Bonchev–Trinajstić information content (AvgIpc) is 2.47. The fourth-order valence-corrected chi connectivity index (χ4v) is 2.66. The molecule has 2 aromatic rings. The van der Waals surface area contributed by atoms with Gasteiger partial charge >= 0.3 is 0 Å². The van der Waals surface area contributed by atoms with E-state index >= 15 is 0 Å². The minimum atomic E-state index is 0.392. The predicted octanol–water partition coefficient (Wildman–Crippen LogP) is 4.19. The number of halogens is 2. The predicted molar refractivity (Wildman–Crippen MR) is 89.2 cm³/mol. The van der Waals surface area contributed by atoms with Gasteiger partial charge in [-0.2, -0.15) is 0 Å². The summed E-state index contributed by atoms with van der Waals surface area (Å²) in [6.45, 7) is 0.968. The van der Waals surface area contributed by atoms with E-state index in [1.165, 1.54) is 0 Å². The topological polar surface area (TPSA) is 44.5 Å². The molecule has 0 aromatic heterocycles. The first kappa shape index (κ1) is 16.1. The van der Waals surface area contributed by atoms with Gasteiger partial charge in [0.1, 0.15) is 18.1 Å². The number of rotatable bonds is 6. The van der Waals surface area contributed by atoms with Crippen LogP contribution in [0.3, 0.4) is 0 Å². The van der Waals surface area contributed by atoms with Crippen LogP contribution >= 0.6 is 27.5 Å². The van der Waals surface area contributed by atoms with Crippen molar-refractivity contribution in [2.45, 2.75) is 13.0 Å². The largest absolute Gasteiger partial charge is 0.496 e. The van der Waals surface area contributed by atoms with Crippen LogP contribution in [0, 0.1) is 0 Å². The zero-order valence-corrected chi connectivity index (χ0v) is 14.1. The Balaban J connectivity index is 2.18. The Morgan fingerprint density at radius 3 is 2.57 bits per heavy atom. The van der Waals surface area contributed by atoms with Crippen molar-refractivity contribution in [3.05, 3.63) is 57.0 Å². The van der Waals surface area contributed by atoms with Gasteiger partial charge in [-0.05, 0) is 54.9 Å². The van der Waals surface area contributed by atoms with Gasteiger partial charge in [-0.15, -0.1) is 0 Å². The van der Waals surface area contributed by atoms with Crippen molar-refractivity contribution in [3.63, 3.8) is 0 Å². The lowest BCUT2D eigenvalue weighted by atomic mass is 10.1. The molecule has 0 amide bonds. The van der Waals surface area contributed by atoms with Crippen LogP contribution in [-0.4, -0.2) is 13.7 Å². The van der Waals surface area contributed by atoms with E-state index in [1.807, 2.05) is 30.3 Å². The molecule has 0 aliphatic carbocycles. The van der Waals surface area contributed by atoms with Crippen LogP contribution in [0.4, 0.5) is 0 Å². The van der Waals surface area contributed by atoms with Crippen LogP contribution in [0.5, 0.6) is 11.5 Å². The highest BCUT2D eigenvalue weighted by Crippen LogP contribution is 2.27. The van der Waals surface area contributed by atoms with Crippen LogP contribution in [0.1, 0.15) is 11.1 Å². The number of benzene rings is 2. The maximum atomic E-state index is 6.02. The van der Waals surface area contributed by atoms with E-state index in [0.717, 1.165) is 33.5 Å². The summed E-state index contributed by atoms with van der Waals surface area (Å²) in [5.41, 5.74) is 7.63. The van der Waals surface area contributed by atoms with Crippen LogP contribution < -0.4 is 15.2 Å². The minimum Gasteiger partial charge on any atom is -0.496 e. The highest BCUT2D eigenvalue weighted by atomic mass is 79.9. The van der Waals surface area contributed by atoms with Gasteiger partial charge < -0.3 is 15.2 Å². The smallest absolute Gasteiger partial charge is 0.125 e. The number of ether oxygens (including phenoxy) is 2. The summed E-state index contributed by atoms with van der Waals surface area (Å²) in [5.74, 6) is 1.59.